The molecule has 168 valence electrons. The third kappa shape index (κ3) is 3.79. The Labute approximate surface area is 191 Å². The van der Waals surface area contributed by atoms with Gasteiger partial charge < -0.3 is 4.74 Å². The molecule has 0 aromatic heterocycles. The zero-order valence-corrected chi connectivity index (χ0v) is 18.5. The smallest absolute Gasteiger partial charge is 0.306 e. The lowest BCUT2D eigenvalue weighted by Crippen LogP contribution is -2.40. The van der Waals surface area contributed by atoms with Gasteiger partial charge in [-0.3, -0.25) is 24.1 Å². The summed E-state index contributed by atoms with van der Waals surface area (Å²) in [5.41, 5.74) is 0.448. The predicted octanol–water partition coefficient (Wildman–Crippen LogP) is 3.68. The molecule has 2 amide bonds. The van der Waals surface area contributed by atoms with Crippen molar-refractivity contribution < 1.29 is 23.9 Å². The summed E-state index contributed by atoms with van der Waals surface area (Å²) in [5.74, 6) is 0.750. The molecule has 0 spiro atoms. The van der Waals surface area contributed by atoms with E-state index in [-0.39, 0.29) is 54.3 Å². The molecule has 6 atom stereocenters. The average Bonchev–Trinajstić information content (AvgIpc) is 3.57. The number of imide groups is 1. The summed E-state index contributed by atoms with van der Waals surface area (Å²) in [5, 5.41) is 0.537. The average molecular weight is 456 g/mol. The van der Waals surface area contributed by atoms with E-state index in [2.05, 4.69) is 12.2 Å². The van der Waals surface area contributed by atoms with Crippen molar-refractivity contribution in [3.8, 4) is 0 Å². The summed E-state index contributed by atoms with van der Waals surface area (Å²) >= 11 is 5.80. The van der Waals surface area contributed by atoms with Crippen molar-refractivity contribution in [1.82, 2.24) is 4.90 Å². The molecule has 0 radical (unpaired) electrons. The summed E-state index contributed by atoms with van der Waals surface area (Å²) < 4.78 is 5.06. The summed E-state index contributed by atoms with van der Waals surface area (Å²) in [4.78, 5) is 51.3. The van der Waals surface area contributed by atoms with Gasteiger partial charge in [-0.05, 0) is 67.2 Å². The van der Waals surface area contributed by atoms with Crippen molar-refractivity contribution in [1.29, 1.82) is 0 Å². The number of benzene rings is 1. The molecule has 4 aliphatic carbocycles. The van der Waals surface area contributed by atoms with Crippen molar-refractivity contribution in [3.63, 3.8) is 0 Å². The van der Waals surface area contributed by atoms with Gasteiger partial charge in [-0.2, -0.15) is 0 Å². The number of ketones is 1. The topological polar surface area (TPSA) is 80.8 Å². The first-order chi connectivity index (χ1) is 15.5. The fourth-order valence-electron chi connectivity index (χ4n) is 5.89. The van der Waals surface area contributed by atoms with Crippen LogP contribution in [0.1, 0.15) is 42.5 Å². The number of hydrogen-bond acceptors (Lipinski definition) is 5. The van der Waals surface area contributed by atoms with E-state index in [1.165, 1.54) is 4.90 Å². The zero-order valence-electron chi connectivity index (χ0n) is 17.7. The first kappa shape index (κ1) is 21.4. The lowest BCUT2D eigenvalue weighted by atomic mass is 9.63. The van der Waals surface area contributed by atoms with E-state index in [9.17, 15) is 19.2 Å². The normalized spacial score (nSPS) is 31.5. The fourth-order valence-corrected chi connectivity index (χ4v) is 6.02. The number of ether oxygens (including phenoxy) is 1. The Hall–Kier alpha value is -2.47. The molecule has 1 heterocycles. The van der Waals surface area contributed by atoms with Crippen LogP contribution in [-0.2, 0) is 19.1 Å². The first-order valence-electron chi connectivity index (χ1n) is 11.4. The number of esters is 1. The molecule has 0 N–H and O–H groups in total. The van der Waals surface area contributed by atoms with E-state index >= 15 is 0 Å². The van der Waals surface area contributed by atoms with Crippen molar-refractivity contribution >= 4 is 35.2 Å². The molecule has 1 saturated heterocycles. The number of unbranched alkanes of at least 4 members (excludes halogenated alkanes) is 2. The third-order valence-electron chi connectivity index (χ3n) is 7.55. The van der Waals surface area contributed by atoms with Crippen molar-refractivity contribution in [3.05, 3.63) is 47.0 Å². The maximum absolute atomic E-state index is 12.9. The van der Waals surface area contributed by atoms with Crippen LogP contribution in [0.3, 0.4) is 0 Å². The number of nitrogens with zero attached hydrogens (tertiary/aromatic N) is 1. The number of allylic oxidation sites excluding steroid dienone is 2. The van der Waals surface area contributed by atoms with Gasteiger partial charge in [0.05, 0.1) is 11.8 Å². The van der Waals surface area contributed by atoms with E-state index in [0.29, 0.717) is 48.2 Å². The minimum Gasteiger partial charge on any atom is -0.457 e. The van der Waals surface area contributed by atoms with Gasteiger partial charge in [-0.15, -0.1) is 0 Å². The Balaban J connectivity index is 1.02. The molecule has 0 unspecified atom stereocenters. The van der Waals surface area contributed by atoms with Gasteiger partial charge in [0.15, 0.2) is 12.4 Å². The molecular formula is C25H26ClNO5. The summed E-state index contributed by atoms with van der Waals surface area (Å²) in [7, 11) is 0. The van der Waals surface area contributed by atoms with Crippen LogP contribution in [0, 0.1) is 35.5 Å². The number of rotatable bonds is 9. The van der Waals surface area contributed by atoms with Gasteiger partial charge in [0.2, 0.25) is 11.8 Å². The summed E-state index contributed by atoms with van der Waals surface area (Å²) in [6, 6.07) is 6.43. The van der Waals surface area contributed by atoms with E-state index in [4.69, 9.17) is 16.3 Å². The number of carbonyl (C=O) groups excluding carboxylic acids is 4. The molecule has 1 aromatic carbocycles. The lowest BCUT2D eigenvalue weighted by molar-refractivity contribution is -0.143. The highest BCUT2D eigenvalue weighted by Crippen LogP contribution is 2.65. The summed E-state index contributed by atoms with van der Waals surface area (Å²) in [6.45, 7) is 0.127. The zero-order chi connectivity index (χ0) is 22.4. The highest BCUT2D eigenvalue weighted by atomic mass is 35.5. The molecule has 1 aromatic rings. The highest BCUT2D eigenvalue weighted by Gasteiger charge is 2.66. The van der Waals surface area contributed by atoms with Crippen LogP contribution in [0.15, 0.2) is 36.4 Å². The number of likely N-dealkylation sites (tertiary alicyclic amines) is 1. The standard InChI is InChI=1S/C25H26ClNO5/c26-15-7-5-14(6-8-15)20(28)13-32-21(29)4-2-1-3-11-27-24(30)22-16-9-10-17(19-12-18(16)19)23(22)25(27)31/h5-10,16-19,22-23H,1-4,11-13H2/t16-,17-,18-,19-,22+,23+/m0/s1. The van der Waals surface area contributed by atoms with Gasteiger partial charge in [-0.25, -0.2) is 0 Å². The lowest BCUT2D eigenvalue weighted by Gasteiger charge is -2.37. The minimum absolute atomic E-state index is 0.00446. The van der Waals surface area contributed by atoms with Crippen molar-refractivity contribution in [2.45, 2.75) is 32.1 Å². The van der Waals surface area contributed by atoms with Crippen LogP contribution in [0.25, 0.3) is 0 Å². The van der Waals surface area contributed by atoms with E-state index in [0.717, 1.165) is 6.42 Å². The maximum atomic E-state index is 12.9. The molecule has 7 heteroatoms. The Morgan fingerprint density at radius 3 is 2.19 bits per heavy atom. The molecule has 1 aliphatic heterocycles. The molecule has 3 fully saturated rings. The minimum atomic E-state index is -0.423. The number of halogens is 1. The second kappa shape index (κ2) is 8.47. The molecule has 2 saturated carbocycles. The number of amides is 2. The number of carbonyl (C=O) groups is 4. The number of Topliss-reactive ketones (excluding diaryl/α,β-unsaturated/α-hetero) is 1. The predicted molar refractivity (Wildman–Crippen MR) is 117 cm³/mol. The van der Waals surface area contributed by atoms with Crippen LogP contribution in [0.2, 0.25) is 5.02 Å². The van der Waals surface area contributed by atoms with Crippen LogP contribution < -0.4 is 0 Å². The van der Waals surface area contributed by atoms with Gasteiger partial charge >= 0.3 is 5.97 Å². The van der Waals surface area contributed by atoms with Crippen LogP contribution in [0.4, 0.5) is 0 Å². The van der Waals surface area contributed by atoms with E-state index in [1.807, 2.05) is 0 Å². The SMILES string of the molecule is O=C(CCCCCN1C(=O)[C@@H]2[C@H]3C=C[C@@H]([C@@H]4C[C@@H]34)[C@H]2C1=O)OCC(=O)c1ccc(Cl)cc1. The maximum Gasteiger partial charge on any atom is 0.306 e. The van der Waals surface area contributed by atoms with Crippen LogP contribution >= 0.6 is 11.6 Å². The van der Waals surface area contributed by atoms with Crippen LogP contribution in [-0.4, -0.2) is 41.6 Å². The molecular weight excluding hydrogens is 430 g/mol. The highest BCUT2D eigenvalue weighted by molar-refractivity contribution is 6.30. The second-order valence-electron chi connectivity index (χ2n) is 9.38. The monoisotopic (exact) mass is 455 g/mol. The first-order valence-corrected chi connectivity index (χ1v) is 11.8. The van der Waals surface area contributed by atoms with E-state index < -0.39 is 5.97 Å². The largest absolute Gasteiger partial charge is 0.457 e. The Morgan fingerprint density at radius 2 is 1.56 bits per heavy atom. The fraction of sp³-hybridized carbons (Fsp3) is 0.520. The second-order valence-corrected chi connectivity index (χ2v) is 9.82. The quantitative estimate of drug-likeness (QED) is 0.186. The molecule has 2 bridgehead atoms. The molecule has 5 aliphatic rings. The van der Waals surface area contributed by atoms with Gasteiger partial charge in [0, 0.05) is 23.6 Å². The molecule has 32 heavy (non-hydrogen) atoms. The van der Waals surface area contributed by atoms with Crippen molar-refractivity contribution in [2.75, 3.05) is 13.2 Å². The van der Waals surface area contributed by atoms with Gasteiger partial charge in [0.1, 0.15) is 0 Å². The van der Waals surface area contributed by atoms with Crippen LogP contribution in [0.5, 0.6) is 0 Å². The molecule has 6 nitrogen and oxygen atoms in total. The third-order valence-corrected chi connectivity index (χ3v) is 7.80. The Kier molecular flexibility index (Phi) is 5.66. The van der Waals surface area contributed by atoms with Crippen molar-refractivity contribution in [2.24, 2.45) is 35.5 Å². The Morgan fingerprint density at radius 1 is 0.938 bits per heavy atom. The van der Waals surface area contributed by atoms with E-state index in [1.54, 1.807) is 24.3 Å². The van der Waals surface area contributed by atoms with Gasteiger partial charge in [-0.1, -0.05) is 30.2 Å². The number of hydrogen-bond donors (Lipinski definition) is 0. The van der Waals surface area contributed by atoms with Gasteiger partial charge in [0.25, 0.3) is 0 Å². The molecule has 6 rings (SSSR count). The Bertz CT molecular complexity index is 951. The summed E-state index contributed by atoms with van der Waals surface area (Å²) in [6.07, 6.45) is 7.70.